The molecule has 0 bridgehead atoms. The number of hydrogen-bond acceptors (Lipinski definition) is 4. The van der Waals surface area contributed by atoms with Gasteiger partial charge in [-0.3, -0.25) is 9.69 Å². The van der Waals surface area contributed by atoms with Gasteiger partial charge in [0.15, 0.2) is 0 Å². The maximum atomic E-state index is 12.8. The van der Waals surface area contributed by atoms with E-state index in [0.717, 1.165) is 48.0 Å². The van der Waals surface area contributed by atoms with E-state index in [2.05, 4.69) is 33.5 Å². The lowest BCUT2D eigenvalue weighted by Crippen LogP contribution is -2.40. The number of likely N-dealkylation sites (tertiary alicyclic amines) is 1. The highest BCUT2D eigenvalue weighted by Gasteiger charge is 2.26. The lowest BCUT2D eigenvalue weighted by molar-refractivity contribution is -0.119. The fourth-order valence-electron chi connectivity index (χ4n) is 3.89. The molecule has 0 atom stereocenters. The minimum atomic E-state index is 0.248. The van der Waals surface area contributed by atoms with Gasteiger partial charge in [-0.1, -0.05) is 18.9 Å². The summed E-state index contributed by atoms with van der Waals surface area (Å²) in [4.78, 5) is 21.7. The van der Waals surface area contributed by atoms with Crippen LogP contribution in [0.3, 0.4) is 0 Å². The highest BCUT2D eigenvalue weighted by molar-refractivity contribution is 7.09. The third-order valence-electron chi connectivity index (χ3n) is 5.25. The number of amides is 1. The van der Waals surface area contributed by atoms with Gasteiger partial charge in [-0.05, 0) is 57.0 Å². The minimum absolute atomic E-state index is 0.248. The smallest absolute Gasteiger partial charge is 0.241 e. The average molecular weight is 356 g/mol. The molecule has 2 aliphatic heterocycles. The number of benzene rings is 1. The summed E-state index contributed by atoms with van der Waals surface area (Å²) in [5.74, 6) is 0.248. The second-order valence-corrected chi connectivity index (χ2v) is 8.14. The Bertz CT molecular complexity index is 762. The molecule has 1 fully saturated rings. The zero-order chi connectivity index (χ0) is 17.2. The molecule has 3 heterocycles. The molecule has 4 nitrogen and oxygen atoms in total. The quantitative estimate of drug-likeness (QED) is 0.838. The van der Waals surface area contributed by atoms with Crippen LogP contribution in [0, 0.1) is 6.92 Å². The molecule has 1 amide bonds. The van der Waals surface area contributed by atoms with Gasteiger partial charge in [0.2, 0.25) is 5.91 Å². The van der Waals surface area contributed by atoms with Crippen LogP contribution in [-0.2, 0) is 11.2 Å². The van der Waals surface area contributed by atoms with E-state index in [0.29, 0.717) is 6.54 Å². The second kappa shape index (κ2) is 7.26. The Hall–Kier alpha value is -1.72. The molecular weight excluding hydrogens is 330 g/mol. The molecule has 0 saturated carbocycles. The highest BCUT2D eigenvalue weighted by atomic mass is 32.1. The number of anilines is 1. The van der Waals surface area contributed by atoms with Gasteiger partial charge < -0.3 is 4.90 Å². The first kappa shape index (κ1) is 16.7. The van der Waals surface area contributed by atoms with Crippen LogP contribution in [-0.4, -0.2) is 42.0 Å². The Labute approximate surface area is 153 Å². The molecule has 2 aliphatic rings. The van der Waals surface area contributed by atoms with E-state index < -0.39 is 0 Å². The summed E-state index contributed by atoms with van der Waals surface area (Å²) in [5.41, 5.74) is 4.56. The van der Waals surface area contributed by atoms with E-state index in [1.54, 1.807) is 11.3 Å². The molecule has 2 aromatic rings. The summed E-state index contributed by atoms with van der Waals surface area (Å²) in [5, 5.41) is 3.19. The zero-order valence-electron chi connectivity index (χ0n) is 14.8. The van der Waals surface area contributed by atoms with Crippen LogP contribution < -0.4 is 4.90 Å². The highest BCUT2D eigenvalue weighted by Crippen LogP contribution is 2.33. The number of hydrogen-bond donors (Lipinski definition) is 0. The predicted molar refractivity (Wildman–Crippen MR) is 103 cm³/mol. The van der Waals surface area contributed by atoms with Gasteiger partial charge in [-0.15, -0.1) is 11.3 Å². The summed E-state index contributed by atoms with van der Waals surface area (Å²) >= 11 is 1.68. The van der Waals surface area contributed by atoms with Crippen molar-refractivity contribution in [1.82, 2.24) is 9.88 Å². The lowest BCUT2D eigenvalue weighted by atomic mass is 10.1. The van der Waals surface area contributed by atoms with E-state index in [4.69, 9.17) is 0 Å². The third-order valence-corrected chi connectivity index (χ3v) is 6.02. The largest absolute Gasteiger partial charge is 0.311 e. The number of aryl methyl sites for hydroxylation is 1. The van der Waals surface area contributed by atoms with Crippen molar-refractivity contribution < 1.29 is 4.79 Å². The van der Waals surface area contributed by atoms with Gasteiger partial charge in [-0.25, -0.2) is 4.98 Å². The topological polar surface area (TPSA) is 36.4 Å². The van der Waals surface area contributed by atoms with Crippen molar-refractivity contribution in [2.75, 3.05) is 31.1 Å². The Morgan fingerprint density at radius 2 is 1.96 bits per heavy atom. The van der Waals surface area contributed by atoms with Gasteiger partial charge in [0.25, 0.3) is 0 Å². The fraction of sp³-hybridized carbons (Fsp3) is 0.500. The first-order valence-electron chi connectivity index (χ1n) is 9.29. The van der Waals surface area contributed by atoms with E-state index in [1.807, 2.05) is 11.8 Å². The normalized spacial score (nSPS) is 18.2. The van der Waals surface area contributed by atoms with Crippen molar-refractivity contribution in [3.05, 3.63) is 34.2 Å². The average Bonchev–Trinajstić information content (AvgIpc) is 3.14. The number of nitrogens with zero attached hydrogens (tertiary/aromatic N) is 3. The Morgan fingerprint density at radius 1 is 1.16 bits per heavy atom. The lowest BCUT2D eigenvalue weighted by Gasteiger charge is -2.24. The van der Waals surface area contributed by atoms with E-state index in [-0.39, 0.29) is 5.91 Å². The summed E-state index contributed by atoms with van der Waals surface area (Å²) in [6.45, 7) is 5.53. The van der Waals surface area contributed by atoms with E-state index in [9.17, 15) is 4.79 Å². The number of thiazole rings is 1. The standard InChI is InChI=1S/C20H25N3OS/c1-15-21-18(14-25-15)16-6-7-19-17(12-16)8-11-23(19)20(24)13-22-9-4-2-3-5-10-22/h6-7,12,14H,2-5,8-11,13H2,1H3. The van der Waals surface area contributed by atoms with E-state index >= 15 is 0 Å². The van der Waals surface area contributed by atoms with Gasteiger partial charge in [0, 0.05) is 23.2 Å². The van der Waals surface area contributed by atoms with Gasteiger partial charge >= 0.3 is 0 Å². The Balaban J connectivity index is 1.48. The first-order valence-corrected chi connectivity index (χ1v) is 10.2. The van der Waals surface area contributed by atoms with Gasteiger partial charge in [0.05, 0.1) is 17.2 Å². The number of aromatic nitrogens is 1. The molecule has 1 aromatic carbocycles. The van der Waals surface area contributed by atoms with Crippen LogP contribution >= 0.6 is 11.3 Å². The van der Waals surface area contributed by atoms with Gasteiger partial charge in [0.1, 0.15) is 0 Å². The third kappa shape index (κ3) is 3.62. The molecule has 0 radical (unpaired) electrons. The van der Waals surface area contributed by atoms with Crippen LogP contribution in [0.1, 0.15) is 36.3 Å². The van der Waals surface area contributed by atoms with Crippen LogP contribution in [0.15, 0.2) is 23.6 Å². The maximum Gasteiger partial charge on any atom is 0.241 e. The monoisotopic (exact) mass is 355 g/mol. The van der Waals surface area contributed by atoms with Crippen molar-refractivity contribution in [3.8, 4) is 11.3 Å². The van der Waals surface area contributed by atoms with Crippen molar-refractivity contribution >= 4 is 22.9 Å². The number of rotatable bonds is 3. The van der Waals surface area contributed by atoms with Crippen LogP contribution in [0.5, 0.6) is 0 Å². The molecule has 0 N–H and O–H groups in total. The van der Waals surface area contributed by atoms with Gasteiger partial charge in [-0.2, -0.15) is 0 Å². The molecule has 0 aliphatic carbocycles. The Kier molecular flexibility index (Phi) is 4.86. The van der Waals surface area contributed by atoms with Crippen LogP contribution in [0.2, 0.25) is 0 Å². The Morgan fingerprint density at radius 3 is 2.68 bits per heavy atom. The molecule has 0 spiro atoms. The maximum absolute atomic E-state index is 12.8. The molecule has 0 unspecified atom stereocenters. The van der Waals surface area contributed by atoms with Crippen molar-refractivity contribution in [1.29, 1.82) is 0 Å². The summed E-state index contributed by atoms with van der Waals surface area (Å²) < 4.78 is 0. The second-order valence-electron chi connectivity index (χ2n) is 7.08. The van der Waals surface area contributed by atoms with Crippen molar-refractivity contribution in [2.45, 2.75) is 39.0 Å². The molecule has 25 heavy (non-hydrogen) atoms. The molecule has 5 heteroatoms. The minimum Gasteiger partial charge on any atom is -0.311 e. The fourth-order valence-corrected chi connectivity index (χ4v) is 4.51. The summed E-state index contributed by atoms with van der Waals surface area (Å²) in [7, 11) is 0. The van der Waals surface area contributed by atoms with E-state index in [1.165, 1.54) is 31.2 Å². The SMILES string of the molecule is Cc1nc(-c2ccc3c(c2)CCN3C(=O)CN2CCCCCC2)cs1. The molecule has 132 valence electrons. The number of carbonyl (C=O) groups excluding carboxylic acids is 1. The molecular formula is C20H25N3OS. The van der Waals surface area contributed by atoms with Crippen molar-refractivity contribution in [2.24, 2.45) is 0 Å². The summed E-state index contributed by atoms with van der Waals surface area (Å²) in [6.07, 6.45) is 5.99. The first-order chi connectivity index (χ1) is 12.2. The molecule has 4 rings (SSSR count). The van der Waals surface area contributed by atoms with Crippen molar-refractivity contribution in [3.63, 3.8) is 0 Å². The van der Waals surface area contributed by atoms with Crippen LogP contribution in [0.25, 0.3) is 11.3 Å². The number of fused-ring (bicyclic) bond motifs is 1. The molecule has 1 saturated heterocycles. The summed E-state index contributed by atoms with van der Waals surface area (Å²) in [6, 6.07) is 6.42. The molecule has 1 aromatic heterocycles. The zero-order valence-corrected chi connectivity index (χ0v) is 15.6. The van der Waals surface area contributed by atoms with Crippen LogP contribution in [0.4, 0.5) is 5.69 Å². The number of carbonyl (C=O) groups is 1. The predicted octanol–water partition coefficient (Wildman–Crippen LogP) is 3.88.